The fourth-order valence-electron chi connectivity index (χ4n) is 2.09. The van der Waals surface area contributed by atoms with E-state index in [-0.39, 0.29) is 5.91 Å². The number of nitrogens with zero attached hydrogens (tertiary/aromatic N) is 1. The second-order valence-corrected chi connectivity index (χ2v) is 4.48. The summed E-state index contributed by atoms with van der Waals surface area (Å²) >= 11 is 0. The van der Waals surface area contributed by atoms with Crippen LogP contribution in [0.4, 0.5) is 0 Å². The standard InChI is InChI=1S/C15H15NO3/c1-10(17)16(2)14(15(18)19)13-8-7-11-5-3-4-6-12(11)9-13/h3-9,14H,1-2H3,(H,18,19). The predicted molar refractivity (Wildman–Crippen MR) is 72.8 cm³/mol. The van der Waals surface area contributed by atoms with Gasteiger partial charge in [0, 0.05) is 14.0 Å². The summed E-state index contributed by atoms with van der Waals surface area (Å²) in [6.07, 6.45) is 0. The lowest BCUT2D eigenvalue weighted by atomic mass is 10.0. The van der Waals surface area contributed by atoms with Crippen LogP contribution >= 0.6 is 0 Å². The highest BCUT2D eigenvalue weighted by molar-refractivity contribution is 5.87. The minimum absolute atomic E-state index is 0.277. The molecule has 0 aliphatic carbocycles. The molecule has 2 aromatic rings. The van der Waals surface area contributed by atoms with Gasteiger partial charge in [-0.15, -0.1) is 0 Å². The third-order valence-corrected chi connectivity index (χ3v) is 3.21. The fraction of sp³-hybridized carbons (Fsp3) is 0.200. The van der Waals surface area contributed by atoms with Crippen LogP contribution in [0.15, 0.2) is 42.5 Å². The Balaban J connectivity index is 2.50. The third-order valence-electron chi connectivity index (χ3n) is 3.21. The topological polar surface area (TPSA) is 57.6 Å². The summed E-state index contributed by atoms with van der Waals surface area (Å²) in [5.74, 6) is -1.31. The van der Waals surface area contributed by atoms with Gasteiger partial charge in [0.05, 0.1) is 0 Å². The quantitative estimate of drug-likeness (QED) is 0.918. The average Bonchev–Trinajstić information content (AvgIpc) is 2.38. The maximum atomic E-state index is 11.4. The molecule has 19 heavy (non-hydrogen) atoms. The second kappa shape index (κ2) is 5.10. The number of carbonyl (C=O) groups is 2. The van der Waals surface area contributed by atoms with Crippen LogP contribution in [0.2, 0.25) is 0 Å². The number of fused-ring (bicyclic) bond motifs is 1. The molecule has 0 aliphatic heterocycles. The summed E-state index contributed by atoms with van der Waals surface area (Å²) in [6, 6.07) is 12.2. The minimum Gasteiger partial charge on any atom is -0.479 e. The van der Waals surface area contributed by atoms with E-state index in [9.17, 15) is 14.7 Å². The van der Waals surface area contributed by atoms with Gasteiger partial charge in [-0.1, -0.05) is 36.4 Å². The van der Waals surface area contributed by atoms with Crippen LogP contribution in [0.5, 0.6) is 0 Å². The van der Waals surface area contributed by atoms with Crippen LogP contribution in [0.3, 0.4) is 0 Å². The summed E-state index contributed by atoms with van der Waals surface area (Å²) in [4.78, 5) is 24.0. The Morgan fingerprint density at radius 2 is 1.74 bits per heavy atom. The van der Waals surface area contributed by atoms with Gasteiger partial charge in [0.1, 0.15) is 0 Å². The van der Waals surface area contributed by atoms with Crippen molar-refractivity contribution in [2.75, 3.05) is 7.05 Å². The molecule has 0 heterocycles. The van der Waals surface area contributed by atoms with Crippen molar-refractivity contribution in [3.8, 4) is 0 Å². The van der Waals surface area contributed by atoms with E-state index in [0.717, 1.165) is 10.8 Å². The molecule has 1 N–H and O–H groups in total. The summed E-state index contributed by atoms with van der Waals surface area (Å²) in [5, 5.41) is 11.3. The molecule has 0 radical (unpaired) electrons. The van der Waals surface area contributed by atoms with Crippen LogP contribution in [-0.2, 0) is 9.59 Å². The molecule has 0 bridgehead atoms. The Hall–Kier alpha value is -2.36. The Labute approximate surface area is 111 Å². The number of hydrogen-bond donors (Lipinski definition) is 1. The first-order valence-corrected chi connectivity index (χ1v) is 5.95. The van der Waals surface area contributed by atoms with Gasteiger partial charge in [-0.25, -0.2) is 4.79 Å². The molecule has 0 aromatic heterocycles. The monoisotopic (exact) mass is 257 g/mol. The lowest BCUT2D eigenvalue weighted by Gasteiger charge is -2.24. The number of amides is 1. The molecular formula is C15H15NO3. The minimum atomic E-state index is -1.03. The van der Waals surface area contributed by atoms with Crippen LogP contribution in [-0.4, -0.2) is 28.9 Å². The number of carbonyl (C=O) groups excluding carboxylic acids is 1. The number of rotatable bonds is 3. The molecular weight excluding hydrogens is 242 g/mol. The summed E-state index contributed by atoms with van der Waals surface area (Å²) in [7, 11) is 1.50. The first kappa shape index (κ1) is 13.1. The van der Waals surface area contributed by atoms with Crippen molar-refractivity contribution in [3.63, 3.8) is 0 Å². The van der Waals surface area contributed by atoms with Crippen molar-refractivity contribution in [1.29, 1.82) is 0 Å². The van der Waals surface area contributed by atoms with E-state index in [4.69, 9.17) is 0 Å². The van der Waals surface area contributed by atoms with Gasteiger partial charge in [-0.05, 0) is 22.4 Å². The second-order valence-electron chi connectivity index (χ2n) is 4.48. The SMILES string of the molecule is CC(=O)N(C)C(C(=O)O)c1ccc2ccccc2c1. The van der Waals surface area contributed by atoms with Gasteiger partial charge in [-0.3, -0.25) is 4.79 Å². The van der Waals surface area contributed by atoms with Crippen LogP contribution in [0, 0.1) is 0 Å². The predicted octanol–water partition coefficient (Wildman–Crippen LogP) is 2.44. The van der Waals surface area contributed by atoms with Crippen molar-refractivity contribution in [2.24, 2.45) is 0 Å². The largest absolute Gasteiger partial charge is 0.479 e. The van der Waals surface area contributed by atoms with E-state index < -0.39 is 12.0 Å². The van der Waals surface area contributed by atoms with Gasteiger partial charge in [-0.2, -0.15) is 0 Å². The maximum Gasteiger partial charge on any atom is 0.331 e. The molecule has 0 saturated carbocycles. The van der Waals surface area contributed by atoms with E-state index in [0.29, 0.717) is 5.56 Å². The van der Waals surface area contributed by atoms with Gasteiger partial charge in [0.2, 0.25) is 5.91 Å². The molecule has 98 valence electrons. The first-order valence-electron chi connectivity index (χ1n) is 5.95. The van der Waals surface area contributed by atoms with Crippen molar-refractivity contribution in [2.45, 2.75) is 13.0 Å². The highest BCUT2D eigenvalue weighted by Crippen LogP contribution is 2.24. The van der Waals surface area contributed by atoms with Crippen LogP contribution in [0.25, 0.3) is 10.8 Å². The Morgan fingerprint density at radius 3 is 2.32 bits per heavy atom. The van der Waals surface area contributed by atoms with E-state index in [1.54, 1.807) is 6.07 Å². The van der Waals surface area contributed by atoms with Crippen molar-refractivity contribution < 1.29 is 14.7 Å². The zero-order chi connectivity index (χ0) is 14.0. The average molecular weight is 257 g/mol. The smallest absolute Gasteiger partial charge is 0.331 e. The zero-order valence-electron chi connectivity index (χ0n) is 10.8. The summed E-state index contributed by atoms with van der Waals surface area (Å²) in [5.41, 5.74) is 0.601. The van der Waals surface area contributed by atoms with E-state index in [2.05, 4.69) is 0 Å². The Bertz CT molecular complexity index is 636. The Kier molecular flexibility index (Phi) is 3.51. The molecule has 0 fully saturated rings. The first-order chi connectivity index (χ1) is 9.00. The van der Waals surface area contributed by atoms with E-state index >= 15 is 0 Å². The molecule has 4 nitrogen and oxygen atoms in total. The third kappa shape index (κ3) is 2.57. The molecule has 1 unspecified atom stereocenters. The van der Waals surface area contributed by atoms with E-state index in [1.807, 2.05) is 36.4 Å². The molecule has 1 atom stereocenters. The molecule has 4 heteroatoms. The lowest BCUT2D eigenvalue weighted by Crippen LogP contribution is -2.34. The molecule has 0 spiro atoms. The van der Waals surface area contributed by atoms with Gasteiger partial charge in [0.15, 0.2) is 6.04 Å². The highest BCUT2D eigenvalue weighted by atomic mass is 16.4. The van der Waals surface area contributed by atoms with Gasteiger partial charge < -0.3 is 10.0 Å². The van der Waals surface area contributed by atoms with Gasteiger partial charge in [0.25, 0.3) is 0 Å². The van der Waals surface area contributed by atoms with Crippen molar-refractivity contribution >= 4 is 22.6 Å². The Morgan fingerprint density at radius 1 is 1.11 bits per heavy atom. The number of hydrogen-bond acceptors (Lipinski definition) is 2. The van der Waals surface area contributed by atoms with Gasteiger partial charge >= 0.3 is 5.97 Å². The molecule has 2 aromatic carbocycles. The zero-order valence-corrected chi connectivity index (χ0v) is 10.8. The normalized spacial score (nSPS) is 12.1. The lowest BCUT2D eigenvalue weighted by molar-refractivity contribution is -0.148. The maximum absolute atomic E-state index is 11.4. The molecule has 0 saturated heterocycles. The van der Waals surface area contributed by atoms with Crippen molar-refractivity contribution in [1.82, 2.24) is 4.90 Å². The van der Waals surface area contributed by atoms with Crippen molar-refractivity contribution in [3.05, 3.63) is 48.0 Å². The summed E-state index contributed by atoms with van der Waals surface area (Å²) < 4.78 is 0. The molecule has 2 rings (SSSR count). The summed E-state index contributed by atoms with van der Waals surface area (Å²) in [6.45, 7) is 1.36. The highest BCUT2D eigenvalue weighted by Gasteiger charge is 2.26. The number of carboxylic acid groups (broad SMARTS) is 1. The fourth-order valence-corrected chi connectivity index (χ4v) is 2.09. The van der Waals surface area contributed by atoms with Crippen LogP contribution < -0.4 is 0 Å². The number of carboxylic acids is 1. The molecule has 1 amide bonds. The molecule has 0 aliphatic rings. The number of benzene rings is 2. The number of likely N-dealkylation sites (N-methyl/N-ethyl adjacent to an activating group) is 1. The number of aliphatic carboxylic acids is 1. The van der Waals surface area contributed by atoms with E-state index in [1.165, 1.54) is 18.9 Å². The van der Waals surface area contributed by atoms with Crippen LogP contribution in [0.1, 0.15) is 18.5 Å².